The Balaban J connectivity index is 1.88. The zero-order chi connectivity index (χ0) is 13.8. The second-order valence-electron chi connectivity index (χ2n) is 4.40. The van der Waals surface area contributed by atoms with Crippen LogP contribution >= 0.6 is 0 Å². The van der Waals surface area contributed by atoms with Crippen LogP contribution in [0.3, 0.4) is 0 Å². The van der Waals surface area contributed by atoms with E-state index in [4.69, 9.17) is 5.73 Å². The Morgan fingerprint density at radius 3 is 2.84 bits per heavy atom. The molecule has 0 radical (unpaired) electrons. The lowest BCUT2D eigenvalue weighted by Gasteiger charge is -2.10. The molecular weight excluding hydrogens is 250 g/mol. The van der Waals surface area contributed by atoms with E-state index in [1.807, 2.05) is 6.92 Å². The fraction of sp³-hybridized carbons (Fsp3) is 0.308. The molecule has 4 nitrogen and oxygen atoms in total. The maximum Gasteiger partial charge on any atom is 0.151 e. The van der Waals surface area contributed by atoms with Gasteiger partial charge in [-0.25, -0.2) is 8.78 Å². The summed E-state index contributed by atoms with van der Waals surface area (Å²) in [6.07, 6.45) is 3.44. The van der Waals surface area contributed by atoms with Crippen molar-refractivity contribution in [3.05, 3.63) is 41.2 Å². The van der Waals surface area contributed by atoms with Gasteiger partial charge in [-0.3, -0.25) is 5.10 Å². The van der Waals surface area contributed by atoms with Crippen LogP contribution in [0.25, 0.3) is 0 Å². The molecule has 1 aromatic carbocycles. The van der Waals surface area contributed by atoms with E-state index in [2.05, 4.69) is 15.5 Å². The summed E-state index contributed by atoms with van der Waals surface area (Å²) in [5, 5.41) is 9.73. The third-order valence-electron chi connectivity index (χ3n) is 2.97. The van der Waals surface area contributed by atoms with Gasteiger partial charge in [-0.1, -0.05) is 0 Å². The molecule has 2 rings (SSSR count). The Morgan fingerprint density at radius 1 is 1.37 bits per heavy atom. The lowest BCUT2D eigenvalue weighted by molar-refractivity contribution is 0.587. The van der Waals surface area contributed by atoms with Gasteiger partial charge < -0.3 is 11.1 Å². The topological polar surface area (TPSA) is 66.7 Å². The summed E-state index contributed by atoms with van der Waals surface area (Å²) in [6, 6.07) is 1.97. The largest absolute Gasteiger partial charge is 0.395 e. The molecule has 0 amide bonds. The summed E-state index contributed by atoms with van der Waals surface area (Å²) < 4.78 is 26.3. The highest BCUT2D eigenvalue weighted by molar-refractivity contribution is 5.66. The Hall–Kier alpha value is -2.11. The van der Waals surface area contributed by atoms with Gasteiger partial charge >= 0.3 is 0 Å². The molecule has 0 bridgehead atoms. The minimum Gasteiger partial charge on any atom is -0.395 e. The highest BCUT2D eigenvalue weighted by atomic mass is 19.1. The Labute approximate surface area is 110 Å². The monoisotopic (exact) mass is 266 g/mol. The zero-order valence-electron chi connectivity index (χ0n) is 10.6. The van der Waals surface area contributed by atoms with E-state index in [0.29, 0.717) is 12.2 Å². The molecule has 0 unspecified atom stereocenters. The zero-order valence-corrected chi connectivity index (χ0v) is 10.6. The van der Waals surface area contributed by atoms with Crippen molar-refractivity contribution in [2.45, 2.75) is 19.8 Å². The minimum atomic E-state index is -0.742. The van der Waals surface area contributed by atoms with Crippen LogP contribution in [-0.4, -0.2) is 16.7 Å². The Kier molecular flexibility index (Phi) is 3.99. The first-order valence-corrected chi connectivity index (χ1v) is 6.05. The van der Waals surface area contributed by atoms with Crippen LogP contribution in [0.2, 0.25) is 0 Å². The summed E-state index contributed by atoms with van der Waals surface area (Å²) in [4.78, 5) is 0. The summed E-state index contributed by atoms with van der Waals surface area (Å²) in [7, 11) is 0. The van der Waals surface area contributed by atoms with E-state index in [-0.39, 0.29) is 5.69 Å². The van der Waals surface area contributed by atoms with Crippen molar-refractivity contribution < 1.29 is 8.78 Å². The van der Waals surface area contributed by atoms with Crippen molar-refractivity contribution in [2.75, 3.05) is 17.6 Å². The van der Waals surface area contributed by atoms with Crippen LogP contribution in [0.4, 0.5) is 20.2 Å². The van der Waals surface area contributed by atoms with E-state index < -0.39 is 11.6 Å². The SMILES string of the molecule is Cc1[nH]ncc1CCCNc1cc(F)cc(F)c1N. The van der Waals surface area contributed by atoms with Crippen molar-refractivity contribution in [2.24, 2.45) is 0 Å². The van der Waals surface area contributed by atoms with Crippen LogP contribution in [-0.2, 0) is 6.42 Å². The van der Waals surface area contributed by atoms with Gasteiger partial charge in [-0.2, -0.15) is 5.10 Å². The molecule has 102 valence electrons. The number of aryl methyl sites for hydroxylation is 2. The van der Waals surface area contributed by atoms with Gasteiger partial charge in [-0.15, -0.1) is 0 Å². The molecule has 4 N–H and O–H groups in total. The first-order valence-electron chi connectivity index (χ1n) is 6.05. The van der Waals surface area contributed by atoms with E-state index in [1.54, 1.807) is 6.20 Å². The predicted octanol–water partition coefficient (Wildman–Crippen LogP) is 2.62. The molecule has 2 aromatic rings. The van der Waals surface area contributed by atoms with Crippen LogP contribution in [0.15, 0.2) is 18.3 Å². The smallest absolute Gasteiger partial charge is 0.151 e. The first kappa shape index (κ1) is 13.3. The van der Waals surface area contributed by atoms with E-state index in [1.165, 1.54) is 6.07 Å². The number of rotatable bonds is 5. The molecule has 0 aliphatic carbocycles. The average molecular weight is 266 g/mol. The summed E-state index contributed by atoms with van der Waals surface area (Å²) in [5.74, 6) is -1.38. The van der Waals surface area contributed by atoms with Crippen LogP contribution in [0.5, 0.6) is 0 Å². The average Bonchev–Trinajstić information content (AvgIpc) is 2.76. The molecular formula is C13H16F2N4. The number of aromatic amines is 1. The quantitative estimate of drug-likeness (QED) is 0.575. The molecule has 0 fully saturated rings. The molecule has 0 saturated carbocycles. The number of aromatic nitrogens is 2. The lowest BCUT2D eigenvalue weighted by Crippen LogP contribution is -2.07. The van der Waals surface area contributed by atoms with Crippen molar-refractivity contribution in [3.8, 4) is 0 Å². The molecule has 1 heterocycles. The number of anilines is 2. The van der Waals surface area contributed by atoms with Gasteiger partial charge in [0.25, 0.3) is 0 Å². The molecule has 19 heavy (non-hydrogen) atoms. The maximum atomic E-state index is 13.2. The van der Waals surface area contributed by atoms with Gasteiger partial charge in [-0.05, 0) is 31.4 Å². The summed E-state index contributed by atoms with van der Waals surface area (Å²) >= 11 is 0. The molecule has 1 aromatic heterocycles. The maximum absolute atomic E-state index is 13.2. The number of benzene rings is 1. The molecule has 0 spiro atoms. The number of H-pyrrole nitrogens is 1. The van der Waals surface area contributed by atoms with Gasteiger partial charge in [0.05, 0.1) is 17.6 Å². The number of hydrogen-bond donors (Lipinski definition) is 3. The second kappa shape index (κ2) is 5.69. The highest BCUT2D eigenvalue weighted by Gasteiger charge is 2.07. The van der Waals surface area contributed by atoms with E-state index in [9.17, 15) is 8.78 Å². The normalized spacial score (nSPS) is 10.7. The fourth-order valence-electron chi connectivity index (χ4n) is 1.86. The summed E-state index contributed by atoms with van der Waals surface area (Å²) in [6.45, 7) is 2.54. The molecule has 6 heteroatoms. The predicted molar refractivity (Wildman–Crippen MR) is 70.9 cm³/mol. The summed E-state index contributed by atoms with van der Waals surface area (Å²) in [5.41, 5.74) is 7.95. The van der Waals surface area contributed by atoms with Crippen LogP contribution in [0.1, 0.15) is 17.7 Å². The molecule has 0 aliphatic rings. The second-order valence-corrected chi connectivity index (χ2v) is 4.40. The lowest BCUT2D eigenvalue weighted by atomic mass is 10.1. The first-order chi connectivity index (χ1) is 9.08. The van der Waals surface area contributed by atoms with Crippen LogP contribution in [0, 0.1) is 18.6 Å². The fourth-order valence-corrected chi connectivity index (χ4v) is 1.86. The van der Waals surface area contributed by atoms with Gasteiger partial charge in [0.1, 0.15) is 5.82 Å². The van der Waals surface area contributed by atoms with Crippen molar-refractivity contribution in [1.82, 2.24) is 10.2 Å². The Bertz CT molecular complexity index is 566. The molecule has 0 saturated heterocycles. The standard InChI is InChI=1S/C13H16F2N4/c1-8-9(7-18-19-8)3-2-4-17-12-6-10(14)5-11(15)13(12)16/h5-7,17H,2-4,16H2,1H3,(H,18,19). The van der Waals surface area contributed by atoms with Crippen molar-refractivity contribution in [3.63, 3.8) is 0 Å². The third kappa shape index (κ3) is 3.21. The number of nitrogens with zero attached hydrogens (tertiary/aromatic N) is 1. The number of nitrogens with two attached hydrogens (primary N) is 1. The van der Waals surface area contributed by atoms with Gasteiger partial charge in [0.15, 0.2) is 5.82 Å². The molecule has 0 atom stereocenters. The third-order valence-corrected chi connectivity index (χ3v) is 2.97. The molecule has 0 aliphatic heterocycles. The number of halogens is 2. The van der Waals surface area contributed by atoms with Crippen molar-refractivity contribution in [1.29, 1.82) is 0 Å². The number of nitrogen functional groups attached to an aromatic ring is 1. The van der Waals surface area contributed by atoms with Crippen LogP contribution < -0.4 is 11.1 Å². The highest BCUT2D eigenvalue weighted by Crippen LogP contribution is 2.23. The number of nitrogens with one attached hydrogen (secondary N) is 2. The van der Waals surface area contributed by atoms with Crippen molar-refractivity contribution >= 4 is 11.4 Å². The van der Waals surface area contributed by atoms with E-state index in [0.717, 1.165) is 30.2 Å². The van der Waals surface area contributed by atoms with Gasteiger partial charge in [0, 0.05) is 18.3 Å². The van der Waals surface area contributed by atoms with E-state index >= 15 is 0 Å². The Morgan fingerprint density at radius 2 is 2.16 bits per heavy atom. The minimum absolute atomic E-state index is 0.0547. The van der Waals surface area contributed by atoms with Gasteiger partial charge in [0.2, 0.25) is 0 Å². The number of hydrogen-bond acceptors (Lipinski definition) is 3.